The van der Waals surface area contributed by atoms with Crippen molar-refractivity contribution in [1.29, 1.82) is 0 Å². The topological polar surface area (TPSA) is 92.5 Å². The lowest BCUT2D eigenvalue weighted by molar-refractivity contribution is -0.184. The smallest absolute Gasteiger partial charge is 0.408 e. The third kappa shape index (κ3) is 6.24. The van der Waals surface area contributed by atoms with E-state index in [1.165, 1.54) is 23.2 Å². The van der Waals surface area contributed by atoms with E-state index >= 15 is 0 Å². The molecule has 4 N–H and O–H groups in total. The number of pyridine rings is 1. The number of nitrogen functional groups attached to an aromatic ring is 1. The molecule has 0 aromatic carbocycles. The Morgan fingerprint density at radius 1 is 1.41 bits per heavy atom. The largest absolute Gasteiger partial charge is 0.444 e. The normalized spacial score (nSPS) is 19.6. The van der Waals surface area contributed by atoms with Crippen LogP contribution in [-0.4, -0.2) is 47.4 Å². The Balaban J connectivity index is 1.99. The molecule has 1 aliphatic heterocycles. The van der Waals surface area contributed by atoms with Gasteiger partial charge in [0.2, 0.25) is 0 Å². The summed E-state index contributed by atoms with van der Waals surface area (Å²) in [6.07, 6.45) is -3.27. The van der Waals surface area contributed by atoms with E-state index in [-0.39, 0.29) is 31.1 Å². The summed E-state index contributed by atoms with van der Waals surface area (Å²) >= 11 is 0. The van der Waals surface area contributed by atoms with Crippen LogP contribution in [0.5, 0.6) is 0 Å². The van der Waals surface area contributed by atoms with E-state index < -0.39 is 23.9 Å². The number of nitrogens with two attached hydrogens (primary N) is 1. The average molecular weight is 389 g/mol. The summed E-state index contributed by atoms with van der Waals surface area (Å²) < 4.78 is 46.2. The van der Waals surface area contributed by atoms with Crippen molar-refractivity contribution in [2.45, 2.75) is 45.0 Å². The Bertz CT molecular complexity index is 631. The van der Waals surface area contributed by atoms with Gasteiger partial charge in [0.1, 0.15) is 17.5 Å². The maximum Gasteiger partial charge on any atom is 0.408 e. The van der Waals surface area contributed by atoms with Gasteiger partial charge in [-0.05, 0) is 51.3 Å². The van der Waals surface area contributed by atoms with Gasteiger partial charge in [0.25, 0.3) is 0 Å². The highest BCUT2D eigenvalue weighted by molar-refractivity contribution is 5.67. The zero-order valence-corrected chi connectivity index (χ0v) is 15.6. The molecular formula is C17H26F3N5O2. The predicted molar refractivity (Wildman–Crippen MR) is 94.8 cm³/mol. The average Bonchev–Trinajstić information content (AvgIpc) is 2.99. The number of amides is 1. The summed E-state index contributed by atoms with van der Waals surface area (Å²) in [6, 6.07) is 1.03. The van der Waals surface area contributed by atoms with Crippen molar-refractivity contribution in [2.75, 3.05) is 25.1 Å². The van der Waals surface area contributed by atoms with Gasteiger partial charge in [0, 0.05) is 19.3 Å². The first-order valence-corrected chi connectivity index (χ1v) is 8.70. The highest BCUT2D eigenvalue weighted by atomic mass is 19.4. The number of alkyl carbamates (subject to hydrolysis) is 1. The van der Waals surface area contributed by atoms with Gasteiger partial charge in [-0.25, -0.2) is 15.6 Å². The van der Waals surface area contributed by atoms with Crippen LogP contribution in [0, 0.1) is 5.92 Å². The molecule has 0 radical (unpaired) electrons. The van der Waals surface area contributed by atoms with E-state index in [4.69, 9.17) is 10.6 Å². The van der Waals surface area contributed by atoms with Crippen molar-refractivity contribution in [2.24, 2.45) is 11.8 Å². The highest BCUT2D eigenvalue weighted by Crippen LogP contribution is 2.40. The van der Waals surface area contributed by atoms with Crippen molar-refractivity contribution < 1.29 is 22.7 Å². The van der Waals surface area contributed by atoms with Gasteiger partial charge < -0.3 is 15.5 Å². The number of hydrogen-bond donors (Lipinski definition) is 3. The van der Waals surface area contributed by atoms with Crippen LogP contribution in [0.2, 0.25) is 0 Å². The number of rotatable bonds is 5. The number of halogens is 3. The molecule has 0 aliphatic carbocycles. The molecular weight excluding hydrogens is 363 g/mol. The Kier molecular flexibility index (Phi) is 6.53. The highest BCUT2D eigenvalue weighted by Gasteiger charge is 2.46. The van der Waals surface area contributed by atoms with Crippen LogP contribution in [0.4, 0.5) is 23.8 Å². The number of hydrogen-bond acceptors (Lipinski definition) is 6. The van der Waals surface area contributed by atoms with Crippen LogP contribution in [-0.2, 0) is 4.74 Å². The number of carbonyl (C=O) groups excluding carboxylic acids is 1. The zero-order valence-electron chi connectivity index (χ0n) is 15.6. The fourth-order valence-corrected chi connectivity index (χ4v) is 3.06. The zero-order chi connectivity index (χ0) is 20.2. The standard InChI is InChI=1S/C17H26F3N5O2/c1-16(2,3)27-15(26)23-8-11-6-7-25(10-11)14(17(18,19)20)12-4-5-13(24-21)22-9-12/h4-5,9,11,14H,6-8,10,21H2,1-3H3,(H,22,24)(H,23,26)/t11-,14-/m0/s1. The predicted octanol–water partition coefficient (Wildman–Crippen LogP) is 2.82. The fourth-order valence-electron chi connectivity index (χ4n) is 3.06. The summed E-state index contributed by atoms with van der Waals surface area (Å²) in [5.41, 5.74) is 1.73. The van der Waals surface area contributed by atoms with Crippen LogP contribution in [0.1, 0.15) is 38.8 Å². The third-order valence-electron chi connectivity index (χ3n) is 4.18. The summed E-state index contributed by atoms with van der Waals surface area (Å²) in [6.45, 7) is 6.01. The van der Waals surface area contributed by atoms with E-state index in [0.717, 1.165) is 0 Å². The van der Waals surface area contributed by atoms with E-state index in [9.17, 15) is 18.0 Å². The molecule has 1 aromatic rings. The first kappa shape index (κ1) is 21.2. The molecule has 2 atom stereocenters. The summed E-state index contributed by atoms with van der Waals surface area (Å²) in [4.78, 5) is 17.0. The third-order valence-corrected chi connectivity index (χ3v) is 4.18. The van der Waals surface area contributed by atoms with Gasteiger partial charge in [0.15, 0.2) is 0 Å². The number of alkyl halides is 3. The molecule has 1 fully saturated rings. The lowest BCUT2D eigenvalue weighted by Gasteiger charge is -2.30. The molecule has 2 heterocycles. The minimum absolute atomic E-state index is 0.0576. The molecule has 1 aliphatic rings. The SMILES string of the molecule is CC(C)(C)OC(=O)NC[C@@H]1CCN([C@@H](c2ccc(NN)nc2)C(F)(F)F)C1. The van der Waals surface area contributed by atoms with Gasteiger partial charge in [-0.1, -0.05) is 6.07 Å². The molecule has 7 nitrogen and oxygen atoms in total. The minimum Gasteiger partial charge on any atom is -0.444 e. The monoisotopic (exact) mass is 389 g/mol. The van der Waals surface area contributed by atoms with Crippen molar-refractivity contribution in [1.82, 2.24) is 15.2 Å². The Morgan fingerprint density at radius 2 is 2.11 bits per heavy atom. The summed E-state index contributed by atoms with van der Waals surface area (Å²) in [5.74, 6) is 5.42. The van der Waals surface area contributed by atoms with Gasteiger partial charge >= 0.3 is 12.3 Å². The van der Waals surface area contributed by atoms with Crippen LogP contribution in [0.3, 0.4) is 0 Å². The van der Waals surface area contributed by atoms with Gasteiger partial charge in [-0.15, -0.1) is 0 Å². The number of anilines is 1. The van der Waals surface area contributed by atoms with E-state index in [1.807, 2.05) is 0 Å². The quantitative estimate of drug-likeness (QED) is 0.530. The van der Waals surface area contributed by atoms with Crippen LogP contribution >= 0.6 is 0 Å². The number of nitrogens with zero attached hydrogens (tertiary/aromatic N) is 2. The van der Waals surface area contributed by atoms with E-state index in [0.29, 0.717) is 12.2 Å². The number of nitrogens with one attached hydrogen (secondary N) is 2. The van der Waals surface area contributed by atoms with Crippen LogP contribution in [0.25, 0.3) is 0 Å². The van der Waals surface area contributed by atoms with Crippen LogP contribution in [0.15, 0.2) is 18.3 Å². The number of aromatic nitrogens is 1. The Morgan fingerprint density at radius 3 is 2.63 bits per heavy atom. The first-order valence-electron chi connectivity index (χ1n) is 8.70. The Hall–Kier alpha value is -2.07. The molecule has 1 saturated heterocycles. The van der Waals surface area contributed by atoms with E-state index in [1.54, 1.807) is 20.8 Å². The van der Waals surface area contributed by atoms with Crippen molar-refractivity contribution in [3.63, 3.8) is 0 Å². The van der Waals surface area contributed by atoms with Gasteiger partial charge in [-0.2, -0.15) is 13.2 Å². The molecule has 152 valence electrons. The lowest BCUT2D eigenvalue weighted by atomic mass is 10.1. The maximum atomic E-state index is 13.7. The number of likely N-dealkylation sites (tertiary alicyclic amines) is 1. The molecule has 1 amide bonds. The Labute approximate surface area is 156 Å². The number of ether oxygens (including phenoxy) is 1. The summed E-state index contributed by atoms with van der Waals surface area (Å²) in [5, 5.41) is 2.63. The lowest BCUT2D eigenvalue weighted by Crippen LogP contribution is -2.39. The second kappa shape index (κ2) is 8.30. The van der Waals surface area contributed by atoms with Gasteiger partial charge in [0.05, 0.1) is 0 Å². The summed E-state index contributed by atoms with van der Waals surface area (Å²) in [7, 11) is 0. The first-order chi connectivity index (χ1) is 12.5. The maximum absolute atomic E-state index is 13.7. The van der Waals surface area contributed by atoms with Crippen molar-refractivity contribution >= 4 is 11.9 Å². The molecule has 10 heteroatoms. The van der Waals surface area contributed by atoms with Gasteiger partial charge in [-0.3, -0.25) is 4.90 Å². The number of carbonyl (C=O) groups is 1. The second-order valence-corrected chi connectivity index (χ2v) is 7.60. The molecule has 1 aromatic heterocycles. The molecule has 0 spiro atoms. The van der Waals surface area contributed by atoms with E-state index in [2.05, 4.69) is 15.7 Å². The van der Waals surface area contributed by atoms with Crippen molar-refractivity contribution in [3.05, 3.63) is 23.9 Å². The number of hydrazine groups is 1. The molecule has 2 rings (SSSR count). The molecule has 0 bridgehead atoms. The molecule has 0 unspecified atom stereocenters. The second-order valence-electron chi connectivity index (χ2n) is 7.60. The molecule has 0 saturated carbocycles. The molecule has 27 heavy (non-hydrogen) atoms. The minimum atomic E-state index is -4.44. The van der Waals surface area contributed by atoms with Crippen LogP contribution < -0.4 is 16.6 Å². The fraction of sp³-hybridized carbons (Fsp3) is 0.647. The van der Waals surface area contributed by atoms with Crippen molar-refractivity contribution in [3.8, 4) is 0 Å².